The van der Waals surface area contributed by atoms with Crippen LogP contribution in [0.2, 0.25) is 0 Å². The predicted molar refractivity (Wildman–Crippen MR) is 99.3 cm³/mol. The summed E-state index contributed by atoms with van der Waals surface area (Å²) in [5.74, 6) is 0.322. The van der Waals surface area contributed by atoms with Gasteiger partial charge in [-0.05, 0) is 38.5 Å². The van der Waals surface area contributed by atoms with Crippen LogP contribution >= 0.6 is 0 Å². The molecular weight excluding hydrogens is 268 g/mol. The van der Waals surface area contributed by atoms with E-state index < -0.39 is 0 Å². The molecule has 1 atom stereocenters. The van der Waals surface area contributed by atoms with Gasteiger partial charge >= 0.3 is 0 Å². The molecule has 0 radical (unpaired) electrons. The van der Waals surface area contributed by atoms with Gasteiger partial charge in [0, 0.05) is 5.92 Å². The number of carbonyl (C=O) groups excluding carboxylic acids is 1. The van der Waals surface area contributed by atoms with Gasteiger partial charge < -0.3 is 4.79 Å². The van der Waals surface area contributed by atoms with E-state index in [4.69, 9.17) is 0 Å². The summed E-state index contributed by atoms with van der Waals surface area (Å²) in [5.41, 5.74) is 0. The third-order valence-corrected chi connectivity index (χ3v) is 4.44. The zero-order chi connectivity index (χ0) is 16.3. The van der Waals surface area contributed by atoms with Crippen molar-refractivity contribution < 1.29 is 4.79 Å². The number of carbonyl (C=O) groups is 1. The van der Waals surface area contributed by atoms with Crippen LogP contribution in [-0.2, 0) is 4.79 Å². The Labute approximate surface area is 140 Å². The first-order chi connectivity index (χ1) is 10.8. The minimum atomic E-state index is 0.322. The minimum absolute atomic E-state index is 0.322. The Bertz CT molecular complexity index is 244. The average Bonchev–Trinajstić information content (AvgIpc) is 2.54. The summed E-state index contributed by atoms with van der Waals surface area (Å²) in [6.45, 7) is 4.43. The lowest BCUT2D eigenvalue weighted by atomic mass is 9.97. The fourth-order valence-corrected chi connectivity index (χ4v) is 2.95. The van der Waals surface area contributed by atoms with Crippen molar-refractivity contribution in [2.75, 3.05) is 0 Å². The molecule has 130 valence electrons. The number of hydrogen-bond acceptors (Lipinski definition) is 1. The molecule has 0 rings (SSSR count). The molecule has 0 aromatic heterocycles. The summed E-state index contributed by atoms with van der Waals surface area (Å²) in [5, 5.41) is 0. The van der Waals surface area contributed by atoms with E-state index in [9.17, 15) is 4.79 Å². The molecule has 0 aromatic rings. The van der Waals surface area contributed by atoms with E-state index in [2.05, 4.69) is 26.0 Å². The normalized spacial score (nSPS) is 12.8. The number of rotatable bonds is 17. The quantitative estimate of drug-likeness (QED) is 0.157. The van der Waals surface area contributed by atoms with Crippen LogP contribution in [-0.4, -0.2) is 6.29 Å². The highest BCUT2D eigenvalue weighted by Gasteiger charge is 2.04. The van der Waals surface area contributed by atoms with Gasteiger partial charge in [0.25, 0.3) is 0 Å². The first-order valence-electron chi connectivity index (χ1n) is 9.95. The van der Waals surface area contributed by atoms with E-state index in [0.29, 0.717) is 5.92 Å². The van der Waals surface area contributed by atoms with Gasteiger partial charge in [-0.2, -0.15) is 0 Å². The van der Waals surface area contributed by atoms with Gasteiger partial charge in [-0.25, -0.2) is 0 Å². The standard InChI is InChI=1S/C21H40O/c1-3-5-6-7-8-9-10-11-12-13-14-15-16-17-19-21(20-22)18-4-2/h11-12,20-21H,3-10,13-19H2,1-2H3/b12-11-. The number of aldehydes is 1. The summed E-state index contributed by atoms with van der Waals surface area (Å²) in [6.07, 6.45) is 25.2. The molecule has 0 heterocycles. The number of allylic oxidation sites excluding steroid dienone is 2. The van der Waals surface area contributed by atoms with Gasteiger partial charge in [-0.15, -0.1) is 0 Å². The summed E-state index contributed by atoms with van der Waals surface area (Å²) >= 11 is 0. The Morgan fingerprint density at radius 1 is 0.636 bits per heavy atom. The second kappa shape index (κ2) is 18.5. The van der Waals surface area contributed by atoms with Gasteiger partial charge in [-0.1, -0.05) is 83.8 Å². The van der Waals surface area contributed by atoms with Crippen molar-refractivity contribution in [1.29, 1.82) is 0 Å². The van der Waals surface area contributed by atoms with Gasteiger partial charge in [0.1, 0.15) is 6.29 Å². The van der Waals surface area contributed by atoms with Gasteiger partial charge in [0.15, 0.2) is 0 Å². The first kappa shape index (κ1) is 21.4. The molecule has 0 saturated carbocycles. The molecule has 0 spiro atoms. The maximum Gasteiger partial charge on any atom is 0.123 e. The average molecular weight is 309 g/mol. The van der Waals surface area contributed by atoms with Gasteiger partial charge in [0.2, 0.25) is 0 Å². The van der Waals surface area contributed by atoms with E-state index in [1.54, 1.807) is 0 Å². The van der Waals surface area contributed by atoms with Crippen LogP contribution in [0.3, 0.4) is 0 Å². The molecule has 0 saturated heterocycles. The van der Waals surface area contributed by atoms with Crippen LogP contribution in [0.25, 0.3) is 0 Å². The van der Waals surface area contributed by atoms with Crippen molar-refractivity contribution in [2.45, 2.75) is 110 Å². The molecule has 0 aliphatic carbocycles. The Morgan fingerprint density at radius 3 is 1.73 bits per heavy atom. The van der Waals surface area contributed by atoms with E-state index in [0.717, 1.165) is 25.5 Å². The van der Waals surface area contributed by atoms with Crippen molar-refractivity contribution in [3.63, 3.8) is 0 Å². The Hall–Kier alpha value is -0.590. The molecule has 0 N–H and O–H groups in total. The van der Waals surface area contributed by atoms with E-state index in [1.165, 1.54) is 77.0 Å². The van der Waals surface area contributed by atoms with Crippen molar-refractivity contribution in [3.8, 4) is 0 Å². The lowest BCUT2D eigenvalue weighted by Crippen LogP contribution is -2.01. The van der Waals surface area contributed by atoms with Crippen LogP contribution in [0.1, 0.15) is 110 Å². The molecule has 0 aliphatic heterocycles. The lowest BCUT2D eigenvalue weighted by Gasteiger charge is -2.07. The first-order valence-corrected chi connectivity index (χ1v) is 9.95. The van der Waals surface area contributed by atoms with Crippen molar-refractivity contribution in [3.05, 3.63) is 12.2 Å². The molecular formula is C21H40O. The maximum absolute atomic E-state index is 10.9. The fraction of sp³-hybridized carbons (Fsp3) is 0.857. The molecule has 1 heteroatoms. The van der Waals surface area contributed by atoms with Crippen molar-refractivity contribution in [1.82, 2.24) is 0 Å². The predicted octanol–water partition coefficient (Wildman–Crippen LogP) is 7.25. The van der Waals surface area contributed by atoms with Crippen LogP contribution < -0.4 is 0 Å². The van der Waals surface area contributed by atoms with E-state index >= 15 is 0 Å². The molecule has 22 heavy (non-hydrogen) atoms. The van der Waals surface area contributed by atoms with Crippen LogP contribution in [0.5, 0.6) is 0 Å². The molecule has 0 aromatic carbocycles. The van der Waals surface area contributed by atoms with Gasteiger partial charge in [0.05, 0.1) is 0 Å². The van der Waals surface area contributed by atoms with Crippen LogP contribution in [0.4, 0.5) is 0 Å². The Balaban J connectivity index is 3.21. The number of unbranched alkanes of at least 4 members (excludes halogenated alkanes) is 10. The van der Waals surface area contributed by atoms with E-state index in [-0.39, 0.29) is 0 Å². The molecule has 1 unspecified atom stereocenters. The van der Waals surface area contributed by atoms with Crippen LogP contribution in [0.15, 0.2) is 12.2 Å². The summed E-state index contributed by atoms with van der Waals surface area (Å²) in [7, 11) is 0. The number of hydrogen-bond donors (Lipinski definition) is 0. The second-order valence-corrected chi connectivity index (χ2v) is 6.70. The maximum atomic E-state index is 10.9. The highest BCUT2D eigenvalue weighted by atomic mass is 16.1. The van der Waals surface area contributed by atoms with Crippen molar-refractivity contribution in [2.24, 2.45) is 5.92 Å². The third kappa shape index (κ3) is 15.8. The topological polar surface area (TPSA) is 17.1 Å². The fourth-order valence-electron chi connectivity index (χ4n) is 2.95. The summed E-state index contributed by atoms with van der Waals surface area (Å²) in [6, 6.07) is 0. The smallest absolute Gasteiger partial charge is 0.123 e. The van der Waals surface area contributed by atoms with Crippen LogP contribution in [0, 0.1) is 5.92 Å². The molecule has 1 nitrogen and oxygen atoms in total. The summed E-state index contributed by atoms with van der Waals surface area (Å²) < 4.78 is 0. The molecule has 0 fully saturated rings. The molecule has 0 aliphatic rings. The van der Waals surface area contributed by atoms with Crippen molar-refractivity contribution >= 4 is 6.29 Å². The zero-order valence-electron chi connectivity index (χ0n) is 15.3. The second-order valence-electron chi connectivity index (χ2n) is 6.70. The minimum Gasteiger partial charge on any atom is -0.303 e. The highest BCUT2D eigenvalue weighted by Crippen LogP contribution is 2.14. The molecule has 0 amide bonds. The highest BCUT2D eigenvalue weighted by molar-refractivity contribution is 5.53. The summed E-state index contributed by atoms with van der Waals surface area (Å²) in [4.78, 5) is 10.9. The molecule has 0 bridgehead atoms. The van der Waals surface area contributed by atoms with Gasteiger partial charge in [-0.3, -0.25) is 0 Å². The Kier molecular flexibility index (Phi) is 18.0. The monoisotopic (exact) mass is 308 g/mol. The largest absolute Gasteiger partial charge is 0.303 e. The zero-order valence-corrected chi connectivity index (χ0v) is 15.3. The SMILES string of the molecule is CCCCCCCC/C=C\CCCCCCC(C=O)CCC. The lowest BCUT2D eigenvalue weighted by molar-refractivity contribution is -0.111. The van der Waals surface area contributed by atoms with E-state index in [1.807, 2.05) is 0 Å². The Morgan fingerprint density at radius 2 is 1.18 bits per heavy atom. The third-order valence-electron chi connectivity index (χ3n) is 4.44.